The molecule has 1 aromatic rings. The van der Waals surface area contributed by atoms with Crippen LogP contribution in [0.5, 0.6) is 0 Å². The molecule has 0 bridgehead atoms. The summed E-state index contributed by atoms with van der Waals surface area (Å²) < 4.78 is 13.8. The van der Waals surface area contributed by atoms with Crippen molar-refractivity contribution >= 4 is 11.7 Å². The van der Waals surface area contributed by atoms with Gasteiger partial charge in [-0.25, -0.2) is 9.18 Å². The van der Waals surface area contributed by atoms with Gasteiger partial charge in [-0.1, -0.05) is 38.3 Å². The van der Waals surface area contributed by atoms with Gasteiger partial charge in [0, 0.05) is 0 Å². The number of benzene rings is 1. The van der Waals surface area contributed by atoms with E-state index in [2.05, 4.69) is 5.32 Å². The lowest BCUT2D eigenvalue weighted by Gasteiger charge is -2.41. The van der Waals surface area contributed by atoms with Crippen LogP contribution in [-0.2, 0) is 4.79 Å². The lowest BCUT2D eigenvalue weighted by atomic mass is 9.71. The zero-order valence-corrected chi connectivity index (χ0v) is 11.2. The van der Waals surface area contributed by atoms with E-state index in [0.717, 1.165) is 25.7 Å². The number of carbonyl (C=O) groups is 1. The van der Waals surface area contributed by atoms with Crippen molar-refractivity contribution in [3.8, 4) is 0 Å². The minimum Gasteiger partial charge on any atom is -0.479 e. The van der Waals surface area contributed by atoms with Crippen LogP contribution in [0.4, 0.5) is 10.1 Å². The first kappa shape index (κ1) is 13.8. The van der Waals surface area contributed by atoms with Gasteiger partial charge >= 0.3 is 5.97 Å². The first-order chi connectivity index (χ1) is 9.10. The summed E-state index contributed by atoms with van der Waals surface area (Å²) in [4.78, 5) is 11.8. The topological polar surface area (TPSA) is 49.3 Å². The van der Waals surface area contributed by atoms with Crippen LogP contribution in [0.2, 0.25) is 0 Å². The molecule has 1 aromatic carbocycles. The number of halogens is 1. The molecule has 0 saturated heterocycles. The van der Waals surface area contributed by atoms with Gasteiger partial charge in [-0.05, 0) is 30.9 Å². The van der Waals surface area contributed by atoms with Crippen LogP contribution in [0.3, 0.4) is 0 Å². The Hall–Kier alpha value is -1.58. The van der Waals surface area contributed by atoms with Gasteiger partial charge in [-0.2, -0.15) is 0 Å². The van der Waals surface area contributed by atoms with E-state index in [-0.39, 0.29) is 11.6 Å². The zero-order valence-electron chi connectivity index (χ0n) is 11.2. The van der Waals surface area contributed by atoms with Crippen LogP contribution in [-0.4, -0.2) is 16.6 Å². The molecular formula is C15H20FNO2. The molecule has 0 aliphatic heterocycles. The molecule has 0 aromatic heterocycles. The Morgan fingerprint density at radius 3 is 2.84 bits per heavy atom. The second-order valence-corrected chi connectivity index (χ2v) is 5.23. The third kappa shape index (κ3) is 2.57. The summed E-state index contributed by atoms with van der Waals surface area (Å²) in [6, 6.07) is 6.26. The molecule has 1 aliphatic rings. The Morgan fingerprint density at radius 1 is 1.47 bits per heavy atom. The number of para-hydroxylation sites is 1. The van der Waals surface area contributed by atoms with Crippen molar-refractivity contribution < 1.29 is 14.3 Å². The third-order valence-electron chi connectivity index (χ3n) is 4.18. The van der Waals surface area contributed by atoms with Gasteiger partial charge in [0.2, 0.25) is 0 Å². The second-order valence-electron chi connectivity index (χ2n) is 5.23. The average Bonchev–Trinajstić information content (AvgIpc) is 2.41. The standard InChI is InChI=1S/C15H20FNO2/c1-2-11-7-5-6-10-15(11,14(18)19)17-13-9-4-3-8-12(13)16/h3-4,8-9,11,17H,2,5-7,10H2,1H3,(H,18,19). The van der Waals surface area contributed by atoms with E-state index in [0.29, 0.717) is 6.42 Å². The normalized spacial score (nSPS) is 26.9. The average molecular weight is 265 g/mol. The Balaban J connectivity index is 2.34. The summed E-state index contributed by atoms with van der Waals surface area (Å²) in [5, 5.41) is 12.6. The fraction of sp³-hybridized carbons (Fsp3) is 0.533. The van der Waals surface area contributed by atoms with Gasteiger partial charge in [0.1, 0.15) is 11.4 Å². The molecule has 19 heavy (non-hydrogen) atoms. The van der Waals surface area contributed by atoms with E-state index in [1.165, 1.54) is 6.07 Å². The van der Waals surface area contributed by atoms with E-state index in [4.69, 9.17) is 0 Å². The first-order valence-corrected chi connectivity index (χ1v) is 6.86. The minimum absolute atomic E-state index is 0.0401. The van der Waals surface area contributed by atoms with Gasteiger partial charge < -0.3 is 10.4 Å². The second kappa shape index (κ2) is 5.59. The van der Waals surface area contributed by atoms with Gasteiger partial charge in [0.25, 0.3) is 0 Å². The molecule has 4 heteroatoms. The molecule has 3 nitrogen and oxygen atoms in total. The molecule has 2 rings (SSSR count). The molecule has 2 unspecified atom stereocenters. The van der Waals surface area contributed by atoms with Crippen molar-refractivity contribution in [1.29, 1.82) is 0 Å². The monoisotopic (exact) mass is 265 g/mol. The highest BCUT2D eigenvalue weighted by Gasteiger charge is 2.46. The van der Waals surface area contributed by atoms with Gasteiger partial charge in [-0.15, -0.1) is 0 Å². The van der Waals surface area contributed by atoms with Gasteiger partial charge in [0.15, 0.2) is 0 Å². The van der Waals surface area contributed by atoms with E-state index < -0.39 is 17.3 Å². The number of hydrogen-bond acceptors (Lipinski definition) is 2. The Labute approximate surface area is 112 Å². The number of carboxylic acid groups (broad SMARTS) is 1. The number of carboxylic acids is 1. The quantitative estimate of drug-likeness (QED) is 0.873. The van der Waals surface area contributed by atoms with Crippen molar-refractivity contribution in [2.45, 2.75) is 44.6 Å². The molecule has 0 radical (unpaired) electrons. The van der Waals surface area contributed by atoms with Gasteiger partial charge in [0.05, 0.1) is 5.69 Å². The van der Waals surface area contributed by atoms with Crippen LogP contribution in [0, 0.1) is 11.7 Å². The smallest absolute Gasteiger partial charge is 0.329 e. The SMILES string of the molecule is CCC1CCCCC1(Nc1ccccc1F)C(=O)O. The maximum Gasteiger partial charge on any atom is 0.329 e. The Bertz CT molecular complexity index is 463. The summed E-state index contributed by atoms with van der Waals surface area (Å²) in [6.07, 6.45) is 4.13. The molecule has 2 N–H and O–H groups in total. The fourth-order valence-electron chi connectivity index (χ4n) is 3.10. The highest BCUT2D eigenvalue weighted by atomic mass is 19.1. The molecule has 0 amide bonds. The van der Waals surface area contributed by atoms with E-state index >= 15 is 0 Å². The van der Waals surface area contributed by atoms with Crippen molar-refractivity contribution in [2.24, 2.45) is 5.92 Å². The van der Waals surface area contributed by atoms with E-state index in [1.807, 2.05) is 6.92 Å². The molecule has 104 valence electrons. The van der Waals surface area contributed by atoms with Crippen molar-refractivity contribution in [3.05, 3.63) is 30.1 Å². The summed E-state index contributed by atoms with van der Waals surface area (Å²) >= 11 is 0. The summed E-state index contributed by atoms with van der Waals surface area (Å²) in [5.74, 6) is -1.23. The zero-order chi connectivity index (χ0) is 13.9. The maximum atomic E-state index is 13.8. The first-order valence-electron chi connectivity index (χ1n) is 6.86. The van der Waals surface area contributed by atoms with Crippen LogP contribution in [0.1, 0.15) is 39.0 Å². The number of nitrogens with one attached hydrogen (secondary N) is 1. The number of rotatable bonds is 4. The number of hydrogen-bond donors (Lipinski definition) is 2. The van der Waals surface area contributed by atoms with Crippen LogP contribution in [0.25, 0.3) is 0 Å². The number of aliphatic carboxylic acids is 1. The molecular weight excluding hydrogens is 245 g/mol. The van der Waals surface area contributed by atoms with E-state index in [1.54, 1.807) is 18.2 Å². The van der Waals surface area contributed by atoms with Crippen LogP contribution < -0.4 is 5.32 Å². The van der Waals surface area contributed by atoms with Crippen molar-refractivity contribution in [2.75, 3.05) is 5.32 Å². The summed E-state index contributed by atoms with van der Waals surface area (Å²) in [6.45, 7) is 2.00. The molecule has 2 atom stereocenters. The number of anilines is 1. The minimum atomic E-state index is -1.03. The van der Waals surface area contributed by atoms with Crippen molar-refractivity contribution in [1.82, 2.24) is 0 Å². The molecule has 1 fully saturated rings. The van der Waals surface area contributed by atoms with Crippen LogP contribution >= 0.6 is 0 Å². The highest BCUT2D eigenvalue weighted by Crippen LogP contribution is 2.39. The molecule has 0 spiro atoms. The largest absolute Gasteiger partial charge is 0.479 e. The lowest BCUT2D eigenvalue weighted by molar-refractivity contribution is -0.145. The lowest BCUT2D eigenvalue weighted by Crippen LogP contribution is -2.54. The van der Waals surface area contributed by atoms with Gasteiger partial charge in [-0.3, -0.25) is 0 Å². The predicted octanol–water partition coefficient (Wildman–Crippen LogP) is 3.66. The predicted molar refractivity (Wildman–Crippen MR) is 72.6 cm³/mol. The van der Waals surface area contributed by atoms with E-state index in [9.17, 15) is 14.3 Å². The Morgan fingerprint density at radius 2 is 2.21 bits per heavy atom. The molecule has 1 saturated carbocycles. The van der Waals surface area contributed by atoms with Crippen molar-refractivity contribution in [3.63, 3.8) is 0 Å². The molecule has 0 heterocycles. The summed E-state index contributed by atoms with van der Waals surface area (Å²) in [7, 11) is 0. The third-order valence-corrected chi connectivity index (χ3v) is 4.18. The highest BCUT2D eigenvalue weighted by molar-refractivity contribution is 5.83. The fourth-order valence-corrected chi connectivity index (χ4v) is 3.10. The maximum absolute atomic E-state index is 13.8. The van der Waals surface area contributed by atoms with Crippen LogP contribution in [0.15, 0.2) is 24.3 Å². The molecule has 1 aliphatic carbocycles. The summed E-state index contributed by atoms with van der Waals surface area (Å²) in [5.41, 5.74) is -0.750. The Kier molecular flexibility index (Phi) is 4.08.